The fraction of sp³-hybridized carbons (Fsp3) is 0.500. The zero-order valence-electron chi connectivity index (χ0n) is 11.2. The number of benzene rings is 1. The van der Waals surface area contributed by atoms with Gasteiger partial charge in [0.25, 0.3) is 0 Å². The van der Waals surface area contributed by atoms with Crippen LogP contribution in [0.3, 0.4) is 0 Å². The largest absolute Gasteiger partial charge is 0.458 e. The average molecular weight is 259 g/mol. The van der Waals surface area contributed by atoms with Crippen LogP contribution in [0, 0.1) is 0 Å². The van der Waals surface area contributed by atoms with Gasteiger partial charge in [0.2, 0.25) is 0 Å². The van der Waals surface area contributed by atoms with E-state index in [2.05, 4.69) is 6.07 Å². The molecule has 2 N–H and O–H groups in total. The van der Waals surface area contributed by atoms with Gasteiger partial charge in [0.15, 0.2) is 0 Å². The van der Waals surface area contributed by atoms with Crippen molar-refractivity contribution in [2.75, 3.05) is 0 Å². The summed E-state index contributed by atoms with van der Waals surface area (Å²) in [6.07, 6.45) is 6.67. The van der Waals surface area contributed by atoms with Gasteiger partial charge in [0.05, 0.1) is 6.10 Å². The summed E-state index contributed by atoms with van der Waals surface area (Å²) in [4.78, 5) is 0. The van der Waals surface area contributed by atoms with Gasteiger partial charge in [-0.1, -0.05) is 37.5 Å². The van der Waals surface area contributed by atoms with Crippen molar-refractivity contribution in [1.82, 2.24) is 0 Å². The Balaban J connectivity index is 1.76. The number of para-hydroxylation sites is 1. The summed E-state index contributed by atoms with van der Waals surface area (Å²) in [5, 5.41) is 1.12. The van der Waals surface area contributed by atoms with E-state index in [1.165, 1.54) is 32.1 Å². The van der Waals surface area contributed by atoms with Crippen molar-refractivity contribution in [3.05, 3.63) is 35.6 Å². The number of ether oxygens (including phenoxy) is 1. The maximum atomic E-state index is 5.99. The fourth-order valence-corrected chi connectivity index (χ4v) is 2.92. The van der Waals surface area contributed by atoms with E-state index in [0.717, 1.165) is 22.3 Å². The van der Waals surface area contributed by atoms with Crippen molar-refractivity contribution in [3.8, 4) is 0 Å². The molecule has 0 unspecified atom stereocenters. The molecule has 1 heterocycles. The van der Waals surface area contributed by atoms with E-state index in [9.17, 15) is 0 Å². The fourth-order valence-electron chi connectivity index (χ4n) is 2.92. The first-order chi connectivity index (χ1) is 9.38. The topological polar surface area (TPSA) is 48.4 Å². The van der Waals surface area contributed by atoms with Crippen molar-refractivity contribution in [1.29, 1.82) is 0 Å². The molecule has 102 valence electrons. The van der Waals surface area contributed by atoms with Gasteiger partial charge in [0, 0.05) is 17.5 Å². The van der Waals surface area contributed by atoms with Gasteiger partial charge < -0.3 is 14.9 Å². The van der Waals surface area contributed by atoms with E-state index in [1.54, 1.807) is 0 Å². The van der Waals surface area contributed by atoms with Crippen molar-refractivity contribution in [3.63, 3.8) is 0 Å². The van der Waals surface area contributed by atoms with Gasteiger partial charge in [-0.25, -0.2) is 0 Å². The smallest absolute Gasteiger partial charge is 0.135 e. The Morgan fingerprint density at radius 3 is 2.74 bits per heavy atom. The quantitative estimate of drug-likeness (QED) is 0.909. The molecular formula is C16H21NO2. The molecule has 3 rings (SSSR count). The number of hydrogen-bond acceptors (Lipinski definition) is 3. The maximum Gasteiger partial charge on any atom is 0.135 e. The van der Waals surface area contributed by atoms with Gasteiger partial charge >= 0.3 is 0 Å². The van der Waals surface area contributed by atoms with E-state index in [-0.39, 0.29) is 0 Å². The molecule has 1 aliphatic rings. The summed E-state index contributed by atoms with van der Waals surface area (Å²) < 4.78 is 11.9. The first-order valence-corrected chi connectivity index (χ1v) is 7.19. The Kier molecular flexibility index (Phi) is 3.85. The molecule has 1 aromatic heterocycles. The van der Waals surface area contributed by atoms with Crippen molar-refractivity contribution < 1.29 is 9.15 Å². The predicted molar refractivity (Wildman–Crippen MR) is 75.8 cm³/mol. The van der Waals surface area contributed by atoms with E-state index < -0.39 is 0 Å². The van der Waals surface area contributed by atoms with E-state index >= 15 is 0 Å². The summed E-state index contributed by atoms with van der Waals surface area (Å²) in [5.41, 5.74) is 7.85. The van der Waals surface area contributed by atoms with Crippen LogP contribution in [0.4, 0.5) is 0 Å². The van der Waals surface area contributed by atoms with Crippen LogP contribution in [-0.4, -0.2) is 6.10 Å². The molecule has 0 aliphatic heterocycles. The Hall–Kier alpha value is -1.32. The van der Waals surface area contributed by atoms with Crippen LogP contribution in [0.2, 0.25) is 0 Å². The highest BCUT2D eigenvalue weighted by Crippen LogP contribution is 2.27. The molecule has 0 radical (unpaired) electrons. The summed E-state index contributed by atoms with van der Waals surface area (Å²) in [6, 6.07) is 8.05. The molecule has 0 bridgehead atoms. The zero-order chi connectivity index (χ0) is 13.1. The minimum Gasteiger partial charge on any atom is -0.458 e. The summed E-state index contributed by atoms with van der Waals surface area (Å²) in [7, 11) is 0. The lowest BCUT2D eigenvalue weighted by atomic mass is 9.98. The van der Waals surface area contributed by atoms with Gasteiger partial charge in [-0.15, -0.1) is 0 Å². The van der Waals surface area contributed by atoms with Gasteiger partial charge in [0.1, 0.15) is 18.0 Å². The number of nitrogens with two attached hydrogens (primary N) is 1. The Bertz CT molecular complexity index is 541. The second-order valence-electron chi connectivity index (χ2n) is 5.28. The lowest BCUT2D eigenvalue weighted by Crippen LogP contribution is -2.16. The third-order valence-corrected chi connectivity index (χ3v) is 3.99. The van der Waals surface area contributed by atoms with Gasteiger partial charge in [-0.3, -0.25) is 0 Å². The standard InChI is InChI=1S/C16H21NO2/c17-10-14-13-8-4-5-9-15(13)19-16(14)11-18-12-6-2-1-3-7-12/h4-5,8-9,12H,1-3,6-7,10-11,17H2. The molecule has 1 saturated carbocycles. The molecule has 0 amide bonds. The molecule has 0 saturated heterocycles. The van der Waals surface area contributed by atoms with Crippen LogP contribution in [-0.2, 0) is 17.9 Å². The van der Waals surface area contributed by atoms with Crippen LogP contribution in [0.5, 0.6) is 0 Å². The third-order valence-electron chi connectivity index (χ3n) is 3.99. The molecule has 0 spiro atoms. The molecular weight excluding hydrogens is 238 g/mol. The van der Waals surface area contributed by atoms with Gasteiger partial charge in [-0.2, -0.15) is 0 Å². The predicted octanol–water partition coefficient (Wildman–Crippen LogP) is 3.74. The summed E-state index contributed by atoms with van der Waals surface area (Å²) >= 11 is 0. The highest BCUT2D eigenvalue weighted by atomic mass is 16.5. The normalized spacial score (nSPS) is 17.1. The molecule has 1 aromatic carbocycles. The molecule has 2 aromatic rings. The Labute approximate surface area is 113 Å². The second-order valence-corrected chi connectivity index (χ2v) is 5.28. The van der Waals surface area contributed by atoms with Crippen LogP contribution >= 0.6 is 0 Å². The number of hydrogen-bond donors (Lipinski definition) is 1. The molecule has 0 atom stereocenters. The summed E-state index contributed by atoms with van der Waals surface area (Å²) in [6.45, 7) is 1.05. The molecule has 3 heteroatoms. The Morgan fingerprint density at radius 2 is 1.95 bits per heavy atom. The van der Waals surface area contributed by atoms with Crippen molar-refractivity contribution in [2.24, 2.45) is 5.73 Å². The Morgan fingerprint density at radius 1 is 1.16 bits per heavy atom. The van der Waals surface area contributed by atoms with E-state index in [1.807, 2.05) is 18.2 Å². The van der Waals surface area contributed by atoms with Crippen molar-refractivity contribution in [2.45, 2.75) is 51.4 Å². The monoisotopic (exact) mass is 259 g/mol. The number of rotatable bonds is 4. The van der Waals surface area contributed by atoms with Crippen LogP contribution in [0.15, 0.2) is 28.7 Å². The molecule has 3 nitrogen and oxygen atoms in total. The van der Waals surface area contributed by atoms with E-state index in [0.29, 0.717) is 19.3 Å². The first-order valence-electron chi connectivity index (χ1n) is 7.19. The zero-order valence-corrected chi connectivity index (χ0v) is 11.2. The second kappa shape index (κ2) is 5.76. The highest BCUT2D eigenvalue weighted by Gasteiger charge is 2.17. The van der Waals surface area contributed by atoms with Crippen LogP contribution in [0.25, 0.3) is 11.0 Å². The van der Waals surface area contributed by atoms with Gasteiger partial charge in [-0.05, 0) is 18.9 Å². The highest BCUT2D eigenvalue weighted by molar-refractivity contribution is 5.82. The SMILES string of the molecule is NCc1c(COC2CCCCC2)oc2ccccc12. The molecule has 19 heavy (non-hydrogen) atoms. The van der Waals surface area contributed by atoms with Crippen LogP contribution < -0.4 is 5.73 Å². The summed E-state index contributed by atoms with van der Waals surface area (Å²) in [5.74, 6) is 0.897. The molecule has 1 fully saturated rings. The average Bonchev–Trinajstić information content (AvgIpc) is 2.83. The maximum absolute atomic E-state index is 5.99. The van der Waals surface area contributed by atoms with E-state index in [4.69, 9.17) is 14.9 Å². The van der Waals surface area contributed by atoms with Crippen LogP contribution in [0.1, 0.15) is 43.4 Å². The minimum atomic E-state index is 0.396. The lowest BCUT2D eigenvalue weighted by molar-refractivity contribution is 0.00892. The minimum absolute atomic E-state index is 0.396. The molecule has 1 aliphatic carbocycles. The van der Waals surface area contributed by atoms with Crippen molar-refractivity contribution >= 4 is 11.0 Å². The third kappa shape index (κ3) is 2.67. The number of fused-ring (bicyclic) bond motifs is 1. The number of furan rings is 1. The lowest BCUT2D eigenvalue weighted by Gasteiger charge is -2.21. The first kappa shape index (κ1) is 12.7.